The fraction of sp³-hybridized carbons (Fsp3) is 0.350. The minimum absolute atomic E-state index is 0.0420. The van der Waals surface area contributed by atoms with Gasteiger partial charge in [-0.15, -0.1) is 0 Å². The Bertz CT molecular complexity index is 952. The molecule has 0 spiro atoms. The number of sulfonamides is 1. The van der Waals surface area contributed by atoms with Gasteiger partial charge in [0.15, 0.2) is 0 Å². The van der Waals surface area contributed by atoms with Gasteiger partial charge in [0.25, 0.3) is 5.91 Å². The summed E-state index contributed by atoms with van der Waals surface area (Å²) in [5, 5.41) is 3.27. The molecule has 144 valence electrons. The molecule has 1 amide bonds. The molecule has 1 aliphatic rings. The molecule has 0 heterocycles. The molecule has 0 saturated heterocycles. The Kier molecular flexibility index (Phi) is 5.60. The zero-order valence-corrected chi connectivity index (χ0v) is 17.1. The predicted molar refractivity (Wildman–Crippen MR) is 106 cm³/mol. The van der Waals surface area contributed by atoms with Gasteiger partial charge in [-0.1, -0.05) is 41.4 Å². The lowest BCUT2D eigenvalue weighted by atomic mass is 10.0. The highest BCUT2D eigenvalue weighted by atomic mass is 35.5. The van der Waals surface area contributed by atoms with Crippen molar-refractivity contribution in [2.24, 2.45) is 5.92 Å². The summed E-state index contributed by atoms with van der Waals surface area (Å²) in [6.45, 7) is 2.02. The van der Waals surface area contributed by atoms with Gasteiger partial charge < -0.3 is 5.32 Å². The molecule has 7 heteroatoms. The van der Waals surface area contributed by atoms with Gasteiger partial charge in [-0.25, -0.2) is 12.7 Å². The molecule has 0 aliphatic heterocycles. The number of rotatable bonds is 6. The number of hydrogen-bond donors (Lipinski definition) is 1. The molecule has 0 aromatic heterocycles. The van der Waals surface area contributed by atoms with E-state index in [-0.39, 0.29) is 27.4 Å². The third-order valence-corrected chi connectivity index (χ3v) is 6.92. The third kappa shape index (κ3) is 4.34. The summed E-state index contributed by atoms with van der Waals surface area (Å²) in [5.74, 6) is 0.0254. The molecule has 0 bridgehead atoms. The van der Waals surface area contributed by atoms with E-state index < -0.39 is 10.0 Å². The second-order valence-electron chi connectivity index (χ2n) is 7.13. The average Bonchev–Trinajstić information content (AvgIpc) is 3.45. The minimum atomic E-state index is -3.64. The van der Waals surface area contributed by atoms with Crippen molar-refractivity contribution in [2.75, 3.05) is 14.1 Å². The van der Waals surface area contributed by atoms with E-state index in [4.69, 9.17) is 11.6 Å². The number of benzene rings is 2. The minimum Gasteiger partial charge on any atom is -0.345 e. The van der Waals surface area contributed by atoms with Crippen LogP contribution in [0.5, 0.6) is 0 Å². The molecular weight excluding hydrogens is 384 g/mol. The van der Waals surface area contributed by atoms with Gasteiger partial charge in [0, 0.05) is 14.1 Å². The van der Waals surface area contributed by atoms with Crippen LogP contribution in [-0.4, -0.2) is 32.7 Å². The maximum Gasteiger partial charge on any atom is 0.253 e. The highest BCUT2D eigenvalue weighted by Gasteiger charge is 2.34. The molecule has 2 aromatic rings. The molecule has 0 radical (unpaired) electrons. The zero-order valence-electron chi connectivity index (χ0n) is 15.6. The first-order chi connectivity index (χ1) is 12.7. The van der Waals surface area contributed by atoms with E-state index in [9.17, 15) is 13.2 Å². The van der Waals surface area contributed by atoms with E-state index in [2.05, 4.69) is 5.32 Å². The van der Waals surface area contributed by atoms with Crippen molar-refractivity contribution < 1.29 is 13.2 Å². The predicted octanol–water partition coefficient (Wildman–Crippen LogP) is 3.78. The number of aryl methyl sites for hydroxylation is 1. The summed E-state index contributed by atoms with van der Waals surface area (Å²) in [6.07, 6.45) is 2.11. The van der Waals surface area contributed by atoms with Crippen molar-refractivity contribution in [3.05, 3.63) is 64.2 Å². The summed E-state index contributed by atoms with van der Waals surface area (Å²) in [6, 6.07) is 12.2. The number of carbonyl (C=O) groups excluding carboxylic acids is 1. The SMILES string of the molecule is Cc1ccc([C@@H](NC(=O)c2cc(S(=O)(=O)N(C)C)ccc2Cl)C2CC2)cc1. The second-order valence-corrected chi connectivity index (χ2v) is 9.69. The fourth-order valence-corrected chi connectivity index (χ4v) is 4.08. The zero-order chi connectivity index (χ0) is 19.8. The summed E-state index contributed by atoms with van der Waals surface area (Å²) in [4.78, 5) is 12.9. The van der Waals surface area contributed by atoms with Gasteiger partial charge in [-0.3, -0.25) is 4.79 Å². The third-order valence-electron chi connectivity index (χ3n) is 4.78. The van der Waals surface area contributed by atoms with Crippen LogP contribution in [0.15, 0.2) is 47.4 Å². The number of nitrogens with one attached hydrogen (secondary N) is 1. The van der Waals surface area contributed by atoms with Gasteiger partial charge in [0.2, 0.25) is 10.0 Å². The van der Waals surface area contributed by atoms with E-state index in [1.165, 1.54) is 32.3 Å². The van der Waals surface area contributed by atoms with Gasteiger partial charge in [0.05, 0.1) is 21.5 Å². The van der Waals surface area contributed by atoms with Crippen molar-refractivity contribution in [3.8, 4) is 0 Å². The maximum atomic E-state index is 12.9. The Morgan fingerprint density at radius 2 is 1.78 bits per heavy atom. The molecular formula is C20H23ClN2O3S. The van der Waals surface area contributed by atoms with Gasteiger partial charge in [0.1, 0.15) is 0 Å². The van der Waals surface area contributed by atoms with E-state index >= 15 is 0 Å². The molecule has 5 nitrogen and oxygen atoms in total. The first-order valence-corrected chi connectivity index (χ1v) is 10.6. The van der Waals surface area contributed by atoms with Crippen LogP contribution in [0.1, 0.15) is 40.4 Å². The quantitative estimate of drug-likeness (QED) is 0.793. The highest BCUT2D eigenvalue weighted by molar-refractivity contribution is 7.89. The number of nitrogens with zero attached hydrogens (tertiary/aromatic N) is 1. The monoisotopic (exact) mass is 406 g/mol. The average molecular weight is 407 g/mol. The highest BCUT2D eigenvalue weighted by Crippen LogP contribution is 2.41. The van der Waals surface area contributed by atoms with E-state index in [0.717, 1.165) is 28.3 Å². The Labute approximate surface area is 165 Å². The Hall–Kier alpha value is -1.89. The Balaban J connectivity index is 1.89. The molecule has 0 unspecified atom stereocenters. The Morgan fingerprint density at radius 1 is 1.15 bits per heavy atom. The number of carbonyl (C=O) groups is 1. The smallest absolute Gasteiger partial charge is 0.253 e. The van der Waals surface area contributed by atoms with E-state index in [1.54, 1.807) is 0 Å². The van der Waals surface area contributed by atoms with Crippen LogP contribution in [0.4, 0.5) is 0 Å². The number of hydrogen-bond acceptors (Lipinski definition) is 3. The fourth-order valence-electron chi connectivity index (χ4n) is 2.95. The van der Waals surface area contributed by atoms with Crippen LogP contribution in [0, 0.1) is 12.8 Å². The lowest BCUT2D eigenvalue weighted by molar-refractivity contribution is 0.0931. The van der Waals surface area contributed by atoms with Crippen LogP contribution in [0.2, 0.25) is 5.02 Å². The van der Waals surface area contributed by atoms with Crippen molar-refractivity contribution in [1.82, 2.24) is 9.62 Å². The normalized spacial score (nSPS) is 15.6. The largest absolute Gasteiger partial charge is 0.345 e. The van der Waals surface area contributed by atoms with Crippen LogP contribution >= 0.6 is 11.6 Å². The molecule has 1 atom stereocenters. The van der Waals surface area contributed by atoms with Crippen molar-refractivity contribution in [2.45, 2.75) is 30.7 Å². The summed E-state index contributed by atoms with van der Waals surface area (Å²) in [7, 11) is -0.747. The Morgan fingerprint density at radius 3 is 2.33 bits per heavy atom. The first kappa shape index (κ1) is 19.9. The van der Waals surface area contributed by atoms with Crippen LogP contribution in [0.25, 0.3) is 0 Å². The lowest BCUT2D eigenvalue weighted by Crippen LogP contribution is -2.30. The summed E-state index contributed by atoms with van der Waals surface area (Å²) in [5.41, 5.74) is 2.37. The second kappa shape index (κ2) is 7.62. The molecule has 1 saturated carbocycles. The van der Waals surface area contributed by atoms with Crippen LogP contribution in [-0.2, 0) is 10.0 Å². The van der Waals surface area contributed by atoms with E-state index in [1.807, 2.05) is 31.2 Å². The lowest BCUT2D eigenvalue weighted by Gasteiger charge is -2.20. The number of amides is 1. The standard InChI is InChI=1S/C20H23ClN2O3S/c1-13-4-6-14(7-5-13)19(15-8-9-15)22-20(24)17-12-16(10-11-18(17)21)27(25,26)23(2)3/h4-7,10-12,15,19H,8-9H2,1-3H3,(H,22,24)/t19-/m1/s1. The van der Waals surface area contributed by atoms with Crippen molar-refractivity contribution in [3.63, 3.8) is 0 Å². The topological polar surface area (TPSA) is 66.5 Å². The van der Waals surface area contributed by atoms with Crippen molar-refractivity contribution in [1.29, 1.82) is 0 Å². The molecule has 1 fully saturated rings. The summed E-state index contributed by atoms with van der Waals surface area (Å²) < 4.78 is 25.8. The van der Waals surface area contributed by atoms with Crippen LogP contribution in [0.3, 0.4) is 0 Å². The van der Waals surface area contributed by atoms with E-state index in [0.29, 0.717) is 5.92 Å². The molecule has 1 aliphatic carbocycles. The molecule has 2 aromatic carbocycles. The van der Waals surface area contributed by atoms with Gasteiger partial charge in [-0.05, 0) is 49.4 Å². The summed E-state index contributed by atoms with van der Waals surface area (Å²) >= 11 is 6.20. The van der Waals surface area contributed by atoms with Crippen LogP contribution < -0.4 is 5.32 Å². The van der Waals surface area contributed by atoms with Gasteiger partial charge in [-0.2, -0.15) is 0 Å². The maximum absolute atomic E-state index is 12.9. The number of halogens is 1. The molecule has 3 rings (SSSR count). The molecule has 1 N–H and O–H groups in total. The molecule has 27 heavy (non-hydrogen) atoms. The van der Waals surface area contributed by atoms with Crippen molar-refractivity contribution >= 4 is 27.5 Å². The van der Waals surface area contributed by atoms with Gasteiger partial charge >= 0.3 is 0 Å². The first-order valence-electron chi connectivity index (χ1n) is 8.79.